The number of halogens is 1. The Morgan fingerprint density at radius 1 is 1.07 bits per heavy atom. The molecule has 0 radical (unpaired) electrons. The first-order chi connectivity index (χ1) is 13.5. The number of benzene rings is 1. The van der Waals surface area contributed by atoms with Crippen molar-refractivity contribution in [2.45, 2.75) is 0 Å². The monoisotopic (exact) mass is 400 g/mol. The van der Waals surface area contributed by atoms with Gasteiger partial charge in [0, 0.05) is 6.20 Å². The number of carbonyl (C=O) groups excluding carboxylic acids is 1. The third-order valence-corrected chi connectivity index (χ3v) is 3.90. The zero-order chi connectivity index (χ0) is 20.1. The van der Waals surface area contributed by atoms with Crippen LogP contribution < -0.4 is 10.6 Å². The van der Waals surface area contributed by atoms with Gasteiger partial charge in [0.15, 0.2) is 5.15 Å². The molecule has 0 spiro atoms. The molecule has 0 aliphatic heterocycles. The van der Waals surface area contributed by atoms with Crippen molar-refractivity contribution in [3.05, 3.63) is 69.8 Å². The fourth-order valence-electron chi connectivity index (χ4n) is 2.35. The van der Waals surface area contributed by atoms with Crippen molar-refractivity contribution in [3.8, 4) is 0 Å². The second kappa shape index (κ2) is 8.27. The maximum absolute atomic E-state index is 11.9. The summed E-state index contributed by atoms with van der Waals surface area (Å²) in [5.41, 5.74) is 0.401. The Kier molecular flexibility index (Phi) is 5.61. The van der Waals surface area contributed by atoms with Crippen molar-refractivity contribution >= 4 is 46.3 Å². The first-order valence-electron chi connectivity index (χ1n) is 7.82. The van der Waals surface area contributed by atoms with Gasteiger partial charge in [0.05, 0.1) is 29.0 Å². The van der Waals surface area contributed by atoms with E-state index in [1.807, 2.05) is 0 Å². The molecule has 3 aromatic rings. The number of nitrogens with zero attached hydrogens (tertiary/aromatic N) is 4. The zero-order valence-corrected chi connectivity index (χ0v) is 15.2. The summed E-state index contributed by atoms with van der Waals surface area (Å²) in [4.78, 5) is 34.7. The van der Waals surface area contributed by atoms with Gasteiger partial charge in [-0.2, -0.15) is 0 Å². The number of aromatic nitrogens is 3. The molecule has 0 aliphatic carbocycles. The highest BCUT2D eigenvalue weighted by Crippen LogP contribution is 2.34. The minimum Gasteiger partial charge on any atom is -0.465 e. The highest BCUT2D eigenvalue weighted by Gasteiger charge is 2.25. The number of methoxy groups -OCH3 is 1. The van der Waals surface area contributed by atoms with Crippen LogP contribution in [0.25, 0.3) is 0 Å². The molecule has 142 valence electrons. The molecule has 0 saturated carbocycles. The van der Waals surface area contributed by atoms with Crippen LogP contribution in [0.3, 0.4) is 0 Å². The van der Waals surface area contributed by atoms with E-state index in [2.05, 4.69) is 25.6 Å². The topological polar surface area (TPSA) is 132 Å². The Morgan fingerprint density at radius 2 is 1.71 bits per heavy atom. The zero-order valence-electron chi connectivity index (χ0n) is 14.4. The summed E-state index contributed by atoms with van der Waals surface area (Å²) in [5.74, 6) is -0.799. The van der Waals surface area contributed by atoms with Crippen LogP contribution >= 0.6 is 11.6 Å². The van der Waals surface area contributed by atoms with Crippen LogP contribution in [0.4, 0.5) is 28.7 Å². The van der Waals surface area contributed by atoms with E-state index in [9.17, 15) is 14.9 Å². The first kappa shape index (κ1) is 19.0. The van der Waals surface area contributed by atoms with Gasteiger partial charge in [0.25, 0.3) is 0 Å². The smallest absolute Gasteiger partial charge is 0.353 e. The highest BCUT2D eigenvalue weighted by molar-refractivity contribution is 6.32. The van der Waals surface area contributed by atoms with E-state index >= 15 is 0 Å². The van der Waals surface area contributed by atoms with E-state index in [4.69, 9.17) is 16.3 Å². The Bertz CT molecular complexity index is 1050. The molecule has 0 bridgehead atoms. The molecular formula is C17H13ClN6O4. The maximum Gasteiger partial charge on any atom is 0.353 e. The van der Waals surface area contributed by atoms with Crippen LogP contribution in [0.1, 0.15) is 10.4 Å². The lowest BCUT2D eigenvalue weighted by Crippen LogP contribution is -2.09. The van der Waals surface area contributed by atoms with Crippen LogP contribution in [0.5, 0.6) is 0 Å². The quantitative estimate of drug-likeness (QED) is 0.275. The summed E-state index contributed by atoms with van der Waals surface area (Å²) in [6, 6.07) is 9.62. The average Bonchev–Trinajstić information content (AvgIpc) is 2.69. The standard InChI is InChI=1S/C17H13ClN6O4/c1-28-17(25)10-5-2-3-6-11(10)22-15-13(24(26)27)16(21-9-20-15)23-12-7-4-8-19-14(12)18/h2-9H,1H3,(H2,20,21,22,23). The number of hydrogen-bond donors (Lipinski definition) is 2. The first-order valence-corrected chi connectivity index (χ1v) is 8.20. The van der Waals surface area contributed by atoms with Crippen molar-refractivity contribution in [1.29, 1.82) is 0 Å². The van der Waals surface area contributed by atoms with Gasteiger partial charge in [-0.1, -0.05) is 23.7 Å². The number of anilines is 4. The molecule has 3 rings (SSSR count). The Hall–Kier alpha value is -3.79. The maximum atomic E-state index is 11.9. The predicted octanol–water partition coefficient (Wildman–Crippen LogP) is 3.71. The molecule has 2 N–H and O–H groups in total. The van der Waals surface area contributed by atoms with Gasteiger partial charge >= 0.3 is 11.7 Å². The van der Waals surface area contributed by atoms with Crippen molar-refractivity contribution in [2.75, 3.05) is 17.7 Å². The molecule has 0 aliphatic rings. The Balaban J connectivity index is 2.03. The number of nitrogens with one attached hydrogen (secondary N) is 2. The normalized spacial score (nSPS) is 10.2. The SMILES string of the molecule is COC(=O)c1ccccc1Nc1ncnc(Nc2cccnc2Cl)c1[N+](=O)[O-]. The number of nitro groups is 1. The molecule has 0 unspecified atom stereocenters. The number of rotatable bonds is 6. The van der Waals surface area contributed by atoms with Crippen LogP contribution in [0.2, 0.25) is 5.15 Å². The summed E-state index contributed by atoms with van der Waals surface area (Å²) in [6.45, 7) is 0. The summed E-state index contributed by atoms with van der Waals surface area (Å²) < 4.78 is 4.73. The minimum atomic E-state index is -0.643. The van der Waals surface area contributed by atoms with Crippen LogP contribution in [0.15, 0.2) is 48.9 Å². The van der Waals surface area contributed by atoms with Gasteiger partial charge in [0.1, 0.15) is 6.33 Å². The van der Waals surface area contributed by atoms with Crippen LogP contribution in [-0.4, -0.2) is 33.0 Å². The fraction of sp³-hybridized carbons (Fsp3) is 0.0588. The third-order valence-electron chi connectivity index (χ3n) is 3.60. The highest BCUT2D eigenvalue weighted by atomic mass is 35.5. The van der Waals surface area contributed by atoms with Crippen molar-refractivity contribution in [1.82, 2.24) is 15.0 Å². The van der Waals surface area contributed by atoms with Gasteiger partial charge in [-0.15, -0.1) is 0 Å². The number of esters is 1. The van der Waals surface area contributed by atoms with Crippen molar-refractivity contribution in [3.63, 3.8) is 0 Å². The van der Waals surface area contributed by atoms with Gasteiger partial charge < -0.3 is 15.4 Å². The summed E-state index contributed by atoms with van der Waals surface area (Å²) in [6.07, 6.45) is 2.63. The second-order valence-corrected chi connectivity index (χ2v) is 5.66. The van der Waals surface area contributed by atoms with Crippen LogP contribution in [0, 0.1) is 10.1 Å². The van der Waals surface area contributed by atoms with E-state index in [1.165, 1.54) is 19.4 Å². The third kappa shape index (κ3) is 3.96. The predicted molar refractivity (Wildman–Crippen MR) is 102 cm³/mol. The molecule has 0 saturated heterocycles. The molecule has 2 heterocycles. The Morgan fingerprint density at radius 3 is 2.36 bits per heavy atom. The molecule has 2 aromatic heterocycles. The van der Waals surface area contributed by atoms with E-state index < -0.39 is 16.6 Å². The fourth-order valence-corrected chi connectivity index (χ4v) is 2.52. The molecule has 10 nitrogen and oxygen atoms in total. The number of hydrogen-bond acceptors (Lipinski definition) is 9. The molecule has 0 amide bonds. The van der Waals surface area contributed by atoms with E-state index in [0.717, 1.165) is 6.33 Å². The van der Waals surface area contributed by atoms with Crippen molar-refractivity contribution in [2.24, 2.45) is 0 Å². The number of carbonyl (C=O) groups is 1. The molecular weight excluding hydrogens is 388 g/mol. The van der Waals surface area contributed by atoms with Gasteiger partial charge in [-0.05, 0) is 24.3 Å². The lowest BCUT2D eigenvalue weighted by molar-refractivity contribution is -0.383. The molecule has 0 atom stereocenters. The average molecular weight is 401 g/mol. The summed E-state index contributed by atoms with van der Waals surface area (Å²) in [7, 11) is 1.24. The second-order valence-electron chi connectivity index (χ2n) is 5.31. The van der Waals surface area contributed by atoms with Crippen molar-refractivity contribution < 1.29 is 14.5 Å². The lowest BCUT2D eigenvalue weighted by Gasteiger charge is -2.12. The van der Waals surface area contributed by atoms with Crippen LogP contribution in [-0.2, 0) is 4.74 Å². The van der Waals surface area contributed by atoms with Gasteiger partial charge in [0.2, 0.25) is 11.6 Å². The Labute approximate surface area is 163 Å². The van der Waals surface area contributed by atoms with Gasteiger partial charge in [-0.25, -0.2) is 19.7 Å². The van der Waals surface area contributed by atoms with E-state index in [1.54, 1.807) is 30.3 Å². The van der Waals surface area contributed by atoms with E-state index in [-0.39, 0.29) is 22.4 Å². The van der Waals surface area contributed by atoms with Gasteiger partial charge in [-0.3, -0.25) is 10.1 Å². The molecule has 28 heavy (non-hydrogen) atoms. The van der Waals surface area contributed by atoms with E-state index in [0.29, 0.717) is 11.4 Å². The molecule has 0 fully saturated rings. The molecule has 11 heteroatoms. The molecule has 1 aromatic carbocycles. The number of ether oxygens (including phenoxy) is 1. The summed E-state index contributed by atoms with van der Waals surface area (Å²) in [5, 5.41) is 17.4. The lowest BCUT2D eigenvalue weighted by atomic mass is 10.2. The minimum absolute atomic E-state index is 0.0899. The summed E-state index contributed by atoms with van der Waals surface area (Å²) >= 11 is 5.99. The number of para-hydroxylation sites is 1. The largest absolute Gasteiger partial charge is 0.465 e. The number of pyridine rings is 1.